The van der Waals surface area contributed by atoms with Crippen LogP contribution in [0, 0.1) is 6.92 Å². The fraction of sp³-hybridized carbons (Fsp3) is 0.250. The van der Waals surface area contributed by atoms with Crippen LogP contribution in [-0.4, -0.2) is 19.8 Å². The molecule has 0 radical (unpaired) electrons. The molecule has 0 heterocycles. The zero-order valence-corrected chi connectivity index (χ0v) is 8.13. The highest BCUT2D eigenvalue weighted by Gasteiger charge is 2.08. The minimum absolute atomic E-state index is 0.0150. The highest BCUT2D eigenvalue weighted by Crippen LogP contribution is 2.26. The van der Waals surface area contributed by atoms with E-state index >= 15 is 0 Å². The Balaban J connectivity index is 3.10. The number of benzene rings is 1. The Hall–Kier alpha value is -1.23. The van der Waals surface area contributed by atoms with Crippen molar-refractivity contribution in [3.05, 3.63) is 23.8 Å². The molecule has 13 heavy (non-hydrogen) atoms. The van der Waals surface area contributed by atoms with Gasteiger partial charge in [0.1, 0.15) is 11.5 Å². The summed E-state index contributed by atoms with van der Waals surface area (Å²) in [5, 5.41) is 9.22. The topological polar surface area (TPSA) is 63.6 Å². The minimum atomic E-state index is -3.53. The Bertz CT molecular complexity index is 408. The molecule has 0 spiro atoms. The van der Waals surface area contributed by atoms with Crippen molar-refractivity contribution >= 4 is 10.1 Å². The number of phenols is 1. The molecule has 0 fully saturated rings. The van der Waals surface area contributed by atoms with Crippen LogP contribution < -0.4 is 4.18 Å². The third-order valence-electron chi connectivity index (χ3n) is 1.50. The van der Waals surface area contributed by atoms with Crippen molar-refractivity contribution in [2.24, 2.45) is 0 Å². The van der Waals surface area contributed by atoms with E-state index < -0.39 is 10.1 Å². The second-order valence-corrected chi connectivity index (χ2v) is 4.26. The lowest BCUT2D eigenvalue weighted by Crippen LogP contribution is -2.06. The van der Waals surface area contributed by atoms with Gasteiger partial charge >= 0.3 is 10.1 Å². The van der Waals surface area contributed by atoms with Gasteiger partial charge in [0, 0.05) is 5.56 Å². The van der Waals surface area contributed by atoms with E-state index in [0.29, 0.717) is 5.56 Å². The lowest BCUT2D eigenvalue weighted by molar-refractivity contribution is 0.459. The van der Waals surface area contributed by atoms with E-state index in [2.05, 4.69) is 4.18 Å². The van der Waals surface area contributed by atoms with E-state index in [-0.39, 0.29) is 11.5 Å². The van der Waals surface area contributed by atoms with Crippen LogP contribution in [0.25, 0.3) is 0 Å². The van der Waals surface area contributed by atoms with E-state index in [9.17, 15) is 13.5 Å². The summed E-state index contributed by atoms with van der Waals surface area (Å²) >= 11 is 0. The summed E-state index contributed by atoms with van der Waals surface area (Å²) < 4.78 is 26.1. The predicted octanol–water partition coefficient (Wildman–Crippen LogP) is 1.04. The number of rotatable bonds is 2. The lowest BCUT2D eigenvalue weighted by atomic mass is 10.2. The van der Waals surface area contributed by atoms with Crippen LogP contribution in [0.3, 0.4) is 0 Å². The highest BCUT2D eigenvalue weighted by molar-refractivity contribution is 7.86. The first-order chi connectivity index (χ1) is 5.90. The second-order valence-electron chi connectivity index (χ2n) is 2.69. The summed E-state index contributed by atoms with van der Waals surface area (Å²) in [6.45, 7) is 1.58. The first-order valence-corrected chi connectivity index (χ1v) is 5.40. The molecule has 1 N–H and O–H groups in total. The molecule has 1 rings (SSSR count). The quantitative estimate of drug-likeness (QED) is 0.728. The molecule has 5 heteroatoms. The van der Waals surface area contributed by atoms with Gasteiger partial charge in [-0.05, 0) is 19.1 Å². The van der Waals surface area contributed by atoms with Gasteiger partial charge in [0.25, 0.3) is 0 Å². The molecule has 0 aliphatic rings. The van der Waals surface area contributed by atoms with Gasteiger partial charge in [-0.1, -0.05) is 6.07 Å². The summed E-state index contributed by atoms with van der Waals surface area (Å²) in [5.41, 5.74) is 0.410. The molecule has 72 valence electrons. The average Bonchev–Trinajstić information content (AvgIpc) is 1.96. The molecule has 0 bridgehead atoms. The molecule has 0 amide bonds. The summed E-state index contributed by atoms with van der Waals surface area (Å²) in [5.74, 6) is 0.170. The fourth-order valence-corrected chi connectivity index (χ4v) is 1.36. The second kappa shape index (κ2) is 3.26. The maximum atomic E-state index is 10.8. The fourth-order valence-electron chi connectivity index (χ4n) is 0.856. The first kappa shape index (κ1) is 9.85. The average molecular weight is 202 g/mol. The van der Waals surface area contributed by atoms with E-state index in [4.69, 9.17) is 0 Å². The molecule has 1 aromatic carbocycles. The molecule has 0 unspecified atom stereocenters. The van der Waals surface area contributed by atoms with Crippen molar-refractivity contribution in [3.63, 3.8) is 0 Å². The van der Waals surface area contributed by atoms with Crippen LogP contribution in [0.5, 0.6) is 11.5 Å². The van der Waals surface area contributed by atoms with Crippen LogP contribution in [0.15, 0.2) is 18.2 Å². The molecule has 0 aliphatic heterocycles. The lowest BCUT2D eigenvalue weighted by Gasteiger charge is -2.06. The SMILES string of the molecule is Cc1c(O)cccc1OS(C)(=O)=O. The molecule has 0 aliphatic carbocycles. The Morgan fingerprint density at radius 3 is 2.54 bits per heavy atom. The van der Waals surface area contributed by atoms with Gasteiger partial charge < -0.3 is 9.29 Å². The molecular formula is C8H10O4S. The number of hydrogen-bond donors (Lipinski definition) is 1. The van der Waals surface area contributed by atoms with Crippen molar-refractivity contribution in [2.75, 3.05) is 6.26 Å². The highest BCUT2D eigenvalue weighted by atomic mass is 32.2. The van der Waals surface area contributed by atoms with E-state index in [1.165, 1.54) is 18.2 Å². The number of phenolic OH excluding ortho intramolecular Hbond substituents is 1. The zero-order valence-electron chi connectivity index (χ0n) is 7.31. The normalized spacial score (nSPS) is 11.2. The van der Waals surface area contributed by atoms with Gasteiger partial charge in [-0.15, -0.1) is 0 Å². The van der Waals surface area contributed by atoms with Gasteiger partial charge in [-0.3, -0.25) is 0 Å². The van der Waals surface area contributed by atoms with Crippen molar-refractivity contribution < 1.29 is 17.7 Å². The van der Waals surface area contributed by atoms with E-state index in [1.807, 2.05) is 0 Å². The van der Waals surface area contributed by atoms with Gasteiger partial charge in [-0.2, -0.15) is 8.42 Å². The predicted molar refractivity (Wildman–Crippen MR) is 48.3 cm³/mol. The molecule has 0 saturated heterocycles. The standard InChI is InChI=1S/C8H10O4S/c1-6-7(9)4-3-5-8(6)12-13(2,10)11/h3-5,9H,1-2H3. The Kier molecular flexibility index (Phi) is 2.47. The molecule has 0 saturated carbocycles. The van der Waals surface area contributed by atoms with Crippen LogP contribution in [-0.2, 0) is 10.1 Å². The van der Waals surface area contributed by atoms with Crippen LogP contribution in [0.2, 0.25) is 0 Å². The first-order valence-electron chi connectivity index (χ1n) is 3.58. The van der Waals surface area contributed by atoms with Gasteiger partial charge in [0.15, 0.2) is 0 Å². The van der Waals surface area contributed by atoms with Crippen LogP contribution >= 0.6 is 0 Å². The number of aromatic hydroxyl groups is 1. The molecule has 4 nitrogen and oxygen atoms in total. The molecule has 1 aromatic rings. The smallest absolute Gasteiger partial charge is 0.306 e. The van der Waals surface area contributed by atoms with Crippen molar-refractivity contribution in [1.29, 1.82) is 0 Å². The third-order valence-corrected chi connectivity index (χ3v) is 1.98. The molecule has 0 atom stereocenters. The van der Waals surface area contributed by atoms with Crippen molar-refractivity contribution in [3.8, 4) is 11.5 Å². The van der Waals surface area contributed by atoms with Crippen LogP contribution in [0.4, 0.5) is 0 Å². The Morgan fingerprint density at radius 1 is 1.38 bits per heavy atom. The van der Waals surface area contributed by atoms with Crippen molar-refractivity contribution in [2.45, 2.75) is 6.92 Å². The number of hydrogen-bond acceptors (Lipinski definition) is 4. The van der Waals surface area contributed by atoms with Crippen molar-refractivity contribution in [1.82, 2.24) is 0 Å². The monoisotopic (exact) mass is 202 g/mol. The van der Waals surface area contributed by atoms with Gasteiger partial charge in [-0.25, -0.2) is 0 Å². The molecular weight excluding hydrogens is 192 g/mol. The maximum Gasteiger partial charge on any atom is 0.306 e. The maximum absolute atomic E-state index is 10.8. The van der Waals surface area contributed by atoms with Gasteiger partial charge in [0.05, 0.1) is 6.26 Å². The zero-order chi connectivity index (χ0) is 10.1. The third kappa shape index (κ3) is 2.62. The summed E-state index contributed by atoms with van der Waals surface area (Å²) in [6.07, 6.45) is 0.955. The molecule has 0 aromatic heterocycles. The minimum Gasteiger partial charge on any atom is -0.508 e. The Morgan fingerprint density at radius 2 is 2.00 bits per heavy atom. The largest absolute Gasteiger partial charge is 0.508 e. The van der Waals surface area contributed by atoms with Gasteiger partial charge in [0.2, 0.25) is 0 Å². The Labute approximate surface area is 76.9 Å². The summed E-state index contributed by atoms with van der Waals surface area (Å²) in [7, 11) is -3.53. The van der Waals surface area contributed by atoms with E-state index in [1.54, 1.807) is 6.92 Å². The van der Waals surface area contributed by atoms with Crippen LogP contribution in [0.1, 0.15) is 5.56 Å². The summed E-state index contributed by atoms with van der Waals surface area (Å²) in [6, 6.07) is 4.46. The summed E-state index contributed by atoms with van der Waals surface area (Å²) in [4.78, 5) is 0. The van der Waals surface area contributed by atoms with E-state index in [0.717, 1.165) is 6.26 Å².